The van der Waals surface area contributed by atoms with Crippen molar-refractivity contribution in [3.05, 3.63) is 59.8 Å². The molecule has 2 aromatic rings. The fraction of sp³-hybridized carbons (Fsp3) is 0.167. The number of pyridine rings is 1. The summed E-state index contributed by atoms with van der Waals surface area (Å²) < 4.78 is 5.62. The number of benzene rings is 1. The largest absolute Gasteiger partial charge is 0.473 e. The molecule has 1 aliphatic rings. The Bertz CT molecular complexity index is 755. The highest BCUT2D eigenvalue weighted by Crippen LogP contribution is 2.09. The number of ether oxygens (including phenoxy) is 1. The summed E-state index contributed by atoms with van der Waals surface area (Å²) in [6.45, 7) is 1.64. The Morgan fingerprint density at radius 2 is 1.96 bits per heavy atom. The van der Waals surface area contributed by atoms with Crippen molar-refractivity contribution in [2.24, 2.45) is 9.98 Å². The van der Waals surface area contributed by atoms with E-state index < -0.39 is 0 Å². The molecule has 23 heavy (non-hydrogen) atoms. The smallest absolute Gasteiger partial charge is 0.219 e. The number of aliphatic imine (C=N–C) groups is 2. The first-order valence-electron chi connectivity index (χ1n) is 7.31. The van der Waals surface area contributed by atoms with Gasteiger partial charge in [-0.15, -0.1) is 0 Å². The van der Waals surface area contributed by atoms with E-state index in [1.807, 2.05) is 30.3 Å². The average molecular weight is 304 g/mol. The number of hydrogen-bond acceptors (Lipinski definition) is 5. The van der Waals surface area contributed by atoms with Crippen molar-refractivity contribution in [3.8, 4) is 17.7 Å². The van der Waals surface area contributed by atoms with E-state index in [1.54, 1.807) is 12.4 Å². The first-order valence-corrected chi connectivity index (χ1v) is 7.31. The van der Waals surface area contributed by atoms with E-state index >= 15 is 0 Å². The molecule has 1 aliphatic heterocycles. The molecule has 1 aromatic carbocycles. The number of nitrogens with zero attached hydrogens (tertiary/aromatic N) is 3. The Balaban J connectivity index is 1.50. The van der Waals surface area contributed by atoms with Gasteiger partial charge in [-0.2, -0.15) is 0 Å². The lowest BCUT2D eigenvalue weighted by molar-refractivity contribution is 0.294. The van der Waals surface area contributed by atoms with Crippen LogP contribution in [-0.2, 0) is 13.2 Å². The third-order valence-electron chi connectivity index (χ3n) is 3.16. The number of nitrogens with one attached hydrogen (secondary N) is 1. The number of aromatic nitrogens is 1. The number of rotatable bonds is 5. The summed E-state index contributed by atoms with van der Waals surface area (Å²) in [6.07, 6.45) is 3.28. The summed E-state index contributed by atoms with van der Waals surface area (Å²) in [5, 5.41) is 3.19. The first kappa shape index (κ1) is 14.8. The predicted octanol–water partition coefficient (Wildman–Crippen LogP) is 2.19. The minimum Gasteiger partial charge on any atom is -0.473 e. The fourth-order valence-electron chi connectivity index (χ4n) is 1.97. The lowest BCUT2D eigenvalue weighted by Gasteiger charge is -2.07. The van der Waals surface area contributed by atoms with Gasteiger partial charge in [0.2, 0.25) is 11.8 Å². The second-order valence-corrected chi connectivity index (χ2v) is 4.85. The summed E-state index contributed by atoms with van der Waals surface area (Å²) in [4.78, 5) is 12.5. The maximum absolute atomic E-state index is 5.62. The lowest BCUT2D eigenvalue weighted by Crippen LogP contribution is -2.21. The van der Waals surface area contributed by atoms with E-state index in [9.17, 15) is 0 Å². The molecule has 0 aliphatic carbocycles. The molecule has 0 spiro atoms. The van der Waals surface area contributed by atoms with Gasteiger partial charge in [0.1, 0.15) is 13.2 Å². The van der Waals surface area contributed by atoms with E-state index in [-0.39, 0.29) is 0 Å². The summed E-state index contributed by atoms with van der Waals surface area (Å²) >= 11 is 0. The highest BCUT2D eigenvalue weighted by Gasteiger charge is 2.00. The standard InChI is InChI=1S/C18H16N4O/c1-2-10-19-17(5-1)23-14-16-8-6-15(7-9-16)13-22-18-20-11-3-4-12-21-18/h1-2,5-11H,12-14H2,(H,21,22). The summed E-state index contributed by atoms with van der Waals surface area (Å²) in [7, 11) is 0. The van der Waals surface area contributed by atoms with Gasteiger partial charge in [0, 0.05) is 18.8 Å². The highest BCUT2D eigenvalue weighted by molar-refractivity contribution is 5.94. The quantitative estimate of drug-likeness (QED) is 0.862. The van der Waals surface area contributed by atoms with E-state index in [4.69, 9.17) is 4.74 Å². The minimum absolute atomic E-state index is 0.478. The van der Waals surface area contributed by atoms with Crippen molar-refractivity contribution < 1.29 is 4.74 Å². The van der Waals surface area contributed by atoms with Crippen molar-refractivity contribution in [1.82, 2.24) is 10.3 Å². The van der Waals surface area contributed by atoms with Gasteiger partial charge in [-0.25, -0.2) is 15.0 Å². The number of hydrogen-bond donors (Lipinski definition) is 1. The summed E-state index contributed by atoms with van der Waals surface area (Å²) in [6, 6.07) is 13.8. The van der Waals surface area contributed by atoms with Crippen LogP contribution in [0, 0.1) is 11.8 Å². The molecule has 5 heteroatoms. The molecule has 0 amide bonds. The molecule has 3 rings (SSSR count). The zero-order chi connectivity index (χ0) is 15.7. The maximum Gasteiger partial charge on any atom is 0.219 e. The monoisotopic (exact) mass is 304 g/mol. The van der Waals surface area contributed by atoms with Crippen LogP contribution in [0.25, 0.3) is 0 Å². The Labute approximate surface area is 135 Å². The summed E-state index contributed by atoms with van der Waals surface area (Å²) in [5.41, 5.74) is 2.24. The molecule has 0 unspecified atom stereocenters. The normalized spacial score (nSPS) is 12.6. The van der Waals surface area contributed by atoms with Crippen LogP contribution >= 0.6 is 0 Å². The molecule has 0 bridgehead atoms. The SMILES string of the molecule is C1#CCN=C(NCc2ccc(COc3ccccn3)cc2)N=C1. The average Bonchev–Trinajstić information content (AvgIpc) is 2.89. The van der Waals surface area contributed by atoms with Gasteiger partial charge in [-0.05, 0) is 17.2 Å². The van der Waals surface area contributed by atoms with Gasteiger partial charge in [0.15, 0.2) is 0 Å². The van der Waals surface area contributed by atoms with Gasteiger partial charge in [-0.1, -0.05) is 42.2 Å². The molecular weight excluding hydrogens is 288 g/mol. The third-order valence-corrected chi connectivity index (χ3v) is 3.16. The molecule has 1 aromatic heterocycles. The van der Waals surface area contributed by atoms with Crippen LogP contribution in [0.2, 0.25) is 0 Å². The van der Waals surface area contributed by atoms with E-state index in [0.29, 0.717) is 31.5 Å². The van der Waals surface area contributed by atoms with Crippen LogP contribution in [0.3, 0.4) is 0 Å². The van der Waals surface area contributed by atoms with E-state index in [1.165, 1.54) is 0 Å². The molecule has 0 saturated carbocycles. The zero-order valence-electron chi connectivity index (χ0n) is 12.6. The molecule has 2 heterocycles. The topological polar surface area (TPSA) is 58.9 Å². The molecule has 114 valence electrons. The van der Waals surface area contributed by atoms with Crippen molar-refractivity contribution in [3.63, 3.8) is 0 Å². The van der Waals surface area contributed by atoms with Crippen molar-refractivity contribution in [2.45, 2.75) is 13.2 Å². The summed E-state index contributed by atoms with van der Waals surface area (Å²) in [5.74, 6) is 6.89. The molecule has 5 nitrogen and oxygen atoms in total. The fourth-order valence-corrected chi connectivity index (χ4v) is 1.97. The third kappa shape index (κ3) is 4.68. The lowest BCUT2D eigenvalue weighted by atomic mass is 10.1. The number of guanidine groups is 1. The first-order chi connectivity index (χ1) is 11.4. The molecular formula is C18H16N4O. The molecule has 0 fully saturated rings. The Hall–Kier alpha value is -3.13. The maximum atomic E-state index is 5.62. The van der Waals surface area contributed by atoms with Crippen LogP contribution in [0.4, 0.5) is 0 Å². The molecule has 0 saturated heterocycles. The van der Waals surface area contributed by atoms with Crippen molar-refractivity contribution in [2.75, 3.05) is 6.54 Å². The van der Waals surface area contributed by atoms with Crippen LogP contribution in [0.15, 0.2) is 58.6 Å². The van der Waals surface area contributed by atoms with E-state index in [2.05, 4.69) is 44.3 Å². The predicted molar refractivity (Wildman–Crippen MR) is 90.4 cm³/mol. The van der Waals surface area contributed by atoms with Gasteiger partial charge >= 0.3 is 0 Å². The Kier molecular flexibility index (Phi) is 4.99. The second kappa shape index (κ2) is 7.76. The molecule has 1 N–H and O–H groups in total. The van der Waals surface area contributed by atoms with Crippen LogP contribution in [-0.4, -0.2) is 23.7 Å². The van der Waals surface area contributed by atoms with Crippen molar-refractivity contribution in [1.29, 1.82) is 0 Å². The van der Waals surface area contributed by atoms with Gasteiger partial charge in [0.25, 0.3) is 0 Å². The van der Waals surface area contributed by atoms with Crippen LogP contribution < -0.4 is 10.1 Å². The van der Waals surface area contributed by atoms with Crippen molar-refractivity contribution >= 4 is 12.2 Å². The molecule has 0 radical (unpaired) electrons. The zero-order valence-corrected chi connectivity index (χ0v) is 12.6. The second-order valence-electron chi connectivity index (χ2n) is 4.85. The Morgan fingerprint density at radius 1 is 1.09 bits per heavy atom. The minimum atomic E-state index is 0.478. The van der Waals surface area contributed by atoms with Crippen LogP contribution in [0.1, 0.15) is 11.1 Å². The Morgan fingerprint density at radius 3 is 2.78 bits per heavy atom. The molecule has 0 atom stereocenters. The highest BCUT2D eigenvalue weighted by atomic mass is 16.5. The van der Waals surface area contributed by atoms with Gasteiger partial charge < -0.3 is 10.1 Å². The van der Waals surface area contributed by atoms with Crippen LogP contribution in [0.5, 0.6) is 5.88 Å². The van der Waals surface area contributed by atoms with Gasteiger partial charge in [0.05, 0.1) is 6.21 Å². The van der Waals surface area contributed by atoms with Gasteiger partial charge in [-0.3, -0.25) is 0 Å². The van der Waals surface area contributed by atoms with E-state index in [0.717, 1.165) is 11.1 Å².